The van der Waals surface area contributed by atoms with Crippen molar-refractivity contribution in [3.63, 3.8) is 0 Å². The topological polar surface area (TPSA) is 122 Å². The van der Waals surface area contributed by atoms with Crippen molar-refractivity contribution < 1.29 is 42.7 Å². The fourth-order valence-corrected chi connectivity index (χ4v) is 6.27. The molecule has 0 atom stereocenters. The lowest BCUT2D eigenvalue weighted by molar-refractivity contribution is -0.140. The molecule has 9 nitrogen and oxygen atoms in total. The molecule has 0 aromatic heterocycles. The molecule has 0 aliphatic heterocycles. The molecule has 0 unspecified atom stereocenters. The molecule has 0 amide bonds. The van der Waals surface area contributed by atoms with E-state index in [2.05, 4.69) is 13.2 Å². The van der Waals surface area contributed by atoms with Gasteiger partial charge in [0.1, 0.15) is 26.4 Å². The Labute approximate surface area is 244 Å². The SMILES string of the molecule is C=C(C)C(=O)OCCOC(=O)c1ccc(P(=O)(c2ccccc2)c2ccc(C(=O)OCCOC(=O)C(=C)C)cc2)cc1. The molecular formula is C32H31O9P. The van der Waals surface area contributed by atoms with Gasteiger partial charge in [0, 0.05) is 27.1 Å². The van der Waals surface area contributed by atoms with E-state index in [1.54, 1.807) is 48.5 Å². The van der Waals surface area contributed by atoms with Crippen LogP contribution in [-0.2, 0) is 33.1 Å². The number of hydrogen-bond acceptors (Lipinski definition) is 9. The Hall–Kier alpha value is -4.75. The molecule has 0 N–H and O–H groups in total. The number of ether oxygens (including phenoxy) is 4. The number of benzene rings is 3. The van der Waals surface area contributed by atoms with E-state index in [-0.39, 0.29) is 48.7 Å². The molecule has 0 heterocycles. The maximum absolute atomic E-state index is 14.7. The summed E-state index contributed by atoms with van der Waals surface area (Å²) >= 11 is 0. The highest BCUT2D eigenvalue weighted by Gasteiger charge is 2.30. The normalized spacial score (nSPS) is 10.7. The second-order valence-electron chi connectivity index (χ2n) is 9.14. The standard InChI is InChI=1S/C32H31O9P/c1-22(2)29(33)38-18-20-40-31(35)24-10-14-27(15-11-24)42(37,26-8-6-5-7-9-26)28-16-12-25(13-17-28)32(36)41-21-19-39-30(34)23(3)4/h5-17H,1,3,18-21H2,2,4H3. The Morgan fingerprint density at radius 2 is 0.881 bits per heavy atom. The summed E-state index contributed by atoms with van der Waals surface area (Å²) in [7, 11) is -3.41. The van der Waals surface area contributed by atoms with Gasteiger partial charge in [0.2, 0.25) is 0 Å². The van der Waals surface area contributed by atoms with Crippen molar-refractivity contribution in [1.82, 2.24) is 0 Å². The van der Waals surface area contributed by atoms with Gasteiger partial charge in [-0.25, -0.2) is 19.2 Å². The Balaban J connectivity index is 1.74. The zero-order chi connectivity index (χ0) is 30.7. The van der Waals surface area contributed by atoms with E-state index < -0.39 is 31.0 Å². The zero-order valence-corrected chi connectivity index (χ0v) is 24.3. The predicted octanol–water partition coefficient (Wildman–Crippen LogP) is 3.88. The summed E-state index contributed by atoms with van der Waals surface area (Å²) in [5.74, 6) is -2.39. The van der Waals surface area contributed by atoms with Crippen LogP contribution in [0.25, 0.3) is 0 Å². The van der Waals surface area contributed by atoms with E-state index in [4.69, 9.17) is 18.9 Å². The fourth-order valence-electron chi connectivity index (χ4n) is 3.65. The lowest BCUT2D eigenvalue weighted by Crippen LogP contribution is -2.25. The molecule has 0 radical (unpaired) electrons. The second-order valence-corrected chi connectivity index (χ2v) is 11.9. The molecule has 3 aromatic carbocycles. The Morgan fingerprint density at radius 1 is 0.548 bits per heavy atom. The van der Waals surface area contributed by atoms with Gasteiger partial charge in [0.25, 0.3) is 0 Å². The summed E-state index contributed by atoms with van der Waals surface area (Å²) in [5, 5.41) is 1.50. The first-order valence-electron chi connectivity index (χ1n) is 12.9. The first-order valence-corrected chi connectivity index (χ1v) is 14.6. The third-order valence-electron chi connectivity index (χ3n) is 5.85. The lowest BCUT2D eigenvalue weighted by atomic mass is 10.2. The van der Waals surface area contributed by atoms with Crippen LogP contribution in [0.4, 0.5) is 0 Å². The van der Waals surface area contributed by atoms with Crippen LogP contribution in [0.15, 0.2) is 103 Å². The largest absolute Gasteiger partial charge is 0.459 e. The Bertz CT molecular complexity index is 1410. The van der Waals surface area contributed by atoms with Gasteiger partial charge in [-0.3, -0.25) is 0 Å². The molecule has 42 heavy (non-hydrogen) atoms. The highest BCUT2D eigenvalue weighted by molar-refractivity contribution is 7.85. The maximum Gasteiger partial charge on any atom is 0.338 e. The van der Waals surface area contributed by atoms with Crippen molar-refractivity contribution in [2.75, 3.05) is 26.4 Å². The highest BCUT2D eigenvalue weighted by atomic mass is 31.2. The molecular weight excluding hydrogens is 559 g/mol. The molecule has 0 aliphatic rings. The van der Waals surface area contributed by atoms with E-state index in [0.29, 0.717) is 15.9 Å². The van der Waals surface area contributed by atoms with Crippen LogP contribution in [0.2, 0.25) is 0 Å². The van der Waals surface area contributed by atoms with Crippen LogP contribution in [0.1, 0.15) is 34.6 Å². The minimum absolute atomic E-state index is 0.106. The smallest absolute Gasteiger partial charge is 0.338 e. The lowest BCUT2D eigenvalue weighted by Gasteiger charge is -2.20. The molecule has 0 saturated heterocycles. The van der Waals surface area contributed by atoms with E-state index in [1.807, 2.05) is 6.07 Å². The maximum atomic E-state index is 14.7. The molecule has 0 aliphatic carbocycles. The van der Waals surface area contributed by atoms with Gasteiger partial charge in [0.15, 0.2) is 7.14 Å². The van der Waals surface area contributed by atoms with Crippen LogP contribution in [0, 0.1) is 0 Å². The first kappa shape index (κ1) is 31.8. The van der Waals surface area contributed by atoms with Crippen molar-refractivity contribution in [3.05, 3.63) is 114 Å². The summed E-state index contributed by atoms with van der Waals surface area (Å²) in [6.45, 7) is 9.52. The van der Waals surface area contributed by atoms with Crippen LogP contribution in [-0.4, -0.2) is 50.3 Å². The van der Waals surface area contributed by atoms with E-state index in [0.717, 1.165) is 0 Å². The molecule has 0 spiro atoms. The third-order valence-corrected chi connectivity index (χ3v) is 8.93. The number of carbonyl (C=O) groups excluding carboxylic acids is 4. The van der Waals surface area contributed by atoms with Gasteiger partial charge >= 0.3 is 23.9 Å². The van der Waals surface area contributed by atoms with E-state index >= 15 is 0 Å². The molecule has 218 valence electrons. The van der Waals surface area contributed by atoms with E-state index in [9.17, 15) is 23.7 Å². The predicted molar refractivity (Wildman–Crippen MR) is 158 cm³/mol. The Morgan fingerprint density at radius 3 is 1.24 bits per heavy atom. The van der Waals surface area contributed by atoms with E-state index in [1.165, 1.54) is 38.1 Å². The van der Waals surface area contributed by atoms with Gasteiger partial charge in [0.05, 0.1) is 11.1 Å². The molecule has 0 saturated carbocycles. The number of carbonyl (C=O) groups is 4. The third kappa shape index (κ3) is 8.15. The van der Waals surface area contributed by atoms with Crippen molar-refractivity contribution in [1.29, 1.82) is 0 Å². The highest BCUT2D eigenvalue weighted by Crippen LogP contribution is 2.42. The average molecular weight is 591 g/mol. The summed E-state index contributed by atoms with van der Waals surface area (Å²) in [6.07, 6.45) is 0. The van der Waals surface area contributed by atoms with Crippen LogP contribution in [0.3, 0.4) is 0 Å². The first-order chi connectivity index (χ1) is 20.0. The van der Waals surface area contributed by atoms with Crippen LogP contribution < -0.4 is 15.9 Å². The minimum Gasteiger partial charge on any atom is -0.459 e. The van der Waals surface area contributed by atoms with Gasteiger partial charge < -0.3 is 23.5 Å². The number of rotatable bonds is 13. The molecule has 0 bridgehead atoms. The van der Waals surface area contributed by atoms with Gasteiger partial charge in [-0.15, -0.1) is 0 Å². The van der Waals surface area contributed by atoms with Crippen molar-refractivity contribution in [2.45, 2.75) is 13.8 Å². The molecule has 10 heteroatoms. The summed E-state index contributed by atoms with van der Waals surface area (Å²) in [5.41, 5.74) is 0.953. The van der Waals surface area contributed by atoms with Crippen LogP contribution >= 0.6 is 7.14 Å². The monoisotopic (exact) mass is 590 g/mol. The van der Waals surface area contributed by atoms with Crippen molar-refractivity contribution in [3.8, 4) is 0 Å². The summed E-state index contributed by atoms with van der Waals surface area (Å²) in [4.78, 5) is 47.8. The van der Waals surface area contributed by atoms with Gasteiger partial charge in [-0.05, 0) is 38.1 Å². The quantitative estimate of drug-likeness (QED) is 0.0960. The molecule has 3 rings (SSSR count). The Kier molecular flexibility index (Phi) is 11.2. The second kappa shape index (κ2) is 14.8. The summed E-state index contributed by atoms with van der Waals surface area (Å²) in [6, 6.07) is 21.3. The number of esters is 4. The van der Waals surface area contributed by atoms with Crippen LogP contribution in [0.5, 0.6) is 0 Å². The van der Waals surface area contributed by atoms with Gasteiger partial charge in [-0.2, -0.15) is 0 Å². The summed E-state index contributed by atoms with van der Waals surface area (Å²) < 4.78 is 34.8. The molecule has 3 aromatic rings. The van der Waals surface area contributed by atoms with Crippen molar-refractivity contribution >= 4 is 46.9 Å². The van der Waals surface area contributed by atoms with Gasteiger partial charge in [-0.1, -0.05) is 67.8 Å². The zero-order valence-electron chi connectivity index (χ0n) is 23.4. The molecule has 0 fully saturated rings. The minimum atomic E-state index is -3.41. The average Bonchev–Trinajstić information content (AvgIpc) is 3.01. The number of hydrogen-bond donors (Lipinski definition) is 0. The fraction of sp³-hybridized carbons (Fsp3) is 0.188. The van der Waals surface area contributed by atoms with Crippen molar-refractivity contribution in [2.24, 2.45) is 0 Å².